The van der Waals surface area contributed by atoms with E-state index in [1.54, 1.807) is 25.0 Å². The summed E-state index contributed by atoms with van der Waals surface area (Å²) in [6, 6.07) is 1.56. The molecule has 2 heterocycles. The second-order valence-corrected chi connectivity index (χ2v) is 5.79. The molecule has 1 aromatic heterocycles. The van der Waals surface area contributed by atoms with Gasteiger partial charge in [-0.05, 0) is 32.6 Å². The van der Waals surface area contributed by atoms with Crippen LogP contribution in [0.4, 0.5) is 0 Å². The Hall–Kier alpha value is -1.40. The predicted octanol–water partition coefficient (Wildman–Crippen LogP) is 1.13. The van der Waals surface area contributed by atoms with Gasteiger partial charge in [0.05, 0.1) is 23.4 Å². The Labute approximate surface area is 117 Å². The second-order valence-electron chi connectivity index (χ2n) is 5.79. The maximum absolute atomic E-state index is 12.5. The van der Waals surface area contributed by atoms with Crippen LogP contribution in [0.1, 0.15) is 41.9 Å². The molecular weight excluding hydrogens is 260 g/mol. The van der Waals surface area contributed by atoms with Crippen LogP contribution < -0.4 is 0 Å². The average molecular weight is 280 g/mol. The van der Waals surface area contributed by atoms with Crippen LogP contribution >= 0.6 is 0 Å². The number of aliphatic hydroxyl groups excluding tert-OH is 1. The Balaban J connectivity index is 1.85. The third kappa shape index (κ3) is 2.03. The van der Waals surface area contributed by atoms with Gasteiger partial charge in [0.25, 0.3) is 5.91 Å². The lowest BCUT2D eigenvalue weighted by molar-refractivity contribution is -0.0827. The highest BCUT2D eigenvalue weighted by Crippen LogP contribution is 2.42. The molecule has 0 spiro atoms. The zero-order valence-electron chi connectivity index (χ0n) is 11.8. The molecular formula is C14H20N2O4. The van der Waals surface area contributed by atoms with E-state index in [4.69, 9.17) is 9.26 Å². The molecule has 1 aliphatic heterocycles. The highest BCUT2D eigenvalue weighted by Gasteiger charge is 2.52. The number of fused-ring (bicyclic) bond motifs is 1. The van der Waals surface area contributed by atoms with Crippen molar-refractivity contribution in [3.63, 3.8) is 0 Å². The minimum Gasteiger partial charge on any atom is -0.393 e. The standard InChI is InChI=1S/C14H20N2O4/c1-9-7-11(20-15-9)13(18)16-6-5-14(19-2)4-3-10(17)8-12(14)16/h7,10,12,17H,3-6,8H2,1-2H3/t10-,12-,14+/m0/s1. The molecule has 3 rings (SSSR count). The van der Waals surface area contributed by atoms with E-state index >= 15 is 0 Å². The van der Waals surface area contributed by atoms with Crippen LogP contribution in [0.25, 0.3) is 0 Å². The van der Waals surface area contributed by atoms with E-state index in [-0.39, 0.29) is 29.4 Å². The van der Waals surface area contributed by atoms with E-state index in [0.717, 1.165) is 19.3 Å². The van der Waals surface area contributed by atoms with E-state index in [0.29, 0.717) is 18.7 Å². The fourth-order valence-corrected chi connectivity index (χ4v) is 3.53. The lowest BCUT2D eigenvalue weighted by Crippen LogP contribution is -2.52. The summed E-state index contributed by atoms with van der Waals surface area (Å²) < 4.78 is 10.8. The van der Waals surface area contributed by atoms with Crippen LogP contribution in [0.3, 0.4) is 0 Å². The minimum absolute atomic E-state index is 0.0887. The first-order valence-electron chi connectivity index (χ1n) is 7.03. The van der Waals surface area contributed by atoms with Crippen molar-refractivity contribution in [2.24, 2.45) is 0 Å². The minimum atomic E-state index is -0.367. The largest absolute Gasteiger partial charge is 0.393 e. The van der Waals surface area contributed by atoms with E-state index in [2.05, 4.69) is 5.16 Å². The first kappa shape index (κ1) is 13.6. The van der Waals surface area contributed by atoms with E-state index in [9.17, 15) is 9.90 Å². The number of aliphatic hydroxyl groups is 1. The summed E-state index contributed by atoms with van der Waals surface area (Å²) in [5.41, 5.74) is 0.374. The van der Waals surface area contributed by atoms with Crippen molar-refractivity contribution in [1.29, 1.82) is 0 Å². The molecule has 110 valence electrons. The van der Waals surface area contributed by atoms with Crippen molar-refractivity contribution in [2.75, 3.05) is 13.7 Å². The molecule has 3 atom stereocenters. The smallest absolute Gasteiger partial charge is 0.292 e. The normalized spacial score (nSPS) is 33.2. The summed E-state index contributed by atoms with van der Waals surface area (Å²) in [4.78, 5) is 14.3. The van der Waals surface area contributed by atoms with Gasteiger partial charge in [-0.3, -0.25) is 4.79 Å². The molecule has 6 nitrogen and oxygen atoms in total. The Kier molecular flexibility index (Phi) is 3.30. The summed E-state index contributed by atoms with van der Waals surface area (Å²) in [6.45, 7) is 2.41. The fraction of sp³-hybridized carbons (Fsp3) is 0.714. The molecule has 1 saturated carbocycles. The molecule has 0 unspecified atom stereocenters. The number of carbonyl (C=O) groups is 1. The number of hydrogen-bond donors (Lipinski definition) is 1. The summed E-state index contributed by atoms with van der Waals surface area (Å²) in [5.74, 6) is 0.0955. The van der Waals surface area contributed by atoms with Crippen molar-refractivity contribution in [1.82, 2.24) is 10.1 Å². The SMILES string of the molecule is CO[C@@]12CC[C@H](O)C[C@@H]1N(C(=O)c1cc(C)no1)CC2. The highest BCUT2D eigenvalue weighted by molar-refractivity contribution is 5.92. The van der Waals surface area contributed by atoms with Crippen molar-refractivity contribution in [2.45, 2.75) is 50.4 Å². The number of nitrogens with zero attached hydrogens (tertiary/aromatic N) is 2. The molecule has 0 bridgehead atoms. The molecule has 2 aliphatic rings. The Morgan fingerprint density at radius 2 is 2.40 bits per heavy atom. The van der Waals surface area contributed by atoms with Gasteiger partial charge in [0.2, 0.25) is 5.76 Å². The third-order valence-corrected chi connectivity index (χ3v) is 4.66. The summed E-state index contributed by atoms with van der Waals surface area (Å²) in [5, 5.41) is 13.7. The number of methoxy groups -OCH3 is 1. The van der Waals surface area contributed by atoms with Crippen molar-refractivity contribution >= 4 is 5.91 Å². The van der Waals surface area contributed by atoms with Crippen LogP contribution in [-0.2, 0) is 4.74 Å². The van der Waals surface area contributed by atoms with Crippen molar-refractivity contribution < 1.29 is 19.2 Å². The number of ether oxygens (including phenoxy) is 1. The monoisotopic (exact) mass is 280 g/mol. The zero-order chi connectivity index (χ0) is 14.3. The van der Waals surface area contributed by atoms with Crippen molar-refractivity contribution in [3.05, 3.63) is 17.5 Å². The highest BCUT2D eigenvalue weighted by atomic mass is 16.5. The number of carbonyl (C=O) groups excluding carboxylic acids is 1. The summed E-state index contributed by atoms with van der Waals surface area (Å²) in [7, 11) is 1.69. The molecule has 2 fully saturated rings. The maximum atomic E-state index is 12.5. The van der Waals surface area contributed by atoms with Gasteiger partial charge in [-0.25, -0.2) is 0 Å². The van der Waals surface area contributed by atoms with Crippen LogP contribution in [0.15, 0.2) is 10.6 Å². The Morgan fingerprint density at radius 3 is 3.05 bits per heavy atom. The third-order valence-electron chi connectivity index (χ3n) is 4.66. The first-order chi connectivity index (χ1) is 9.55. The Morgan fingerprint density at radius 1 is 1.60 bits per heavy atom. The van der Waals surface area contributed by atoms with Crippen LogP contribution in [-0.4, -0.2) is 52.5 Å². The van der Waals surface area contributed by atoms with Crippen LogP contribution in [0.5, 0.6) is 0 Å². The molecule has 0 aromatic carbocycles. The number of amides is 1. The number of aryl methyl sites for hydroxylation is 1. The summed E-state index contributed by atoms with van der Waals surface area (Å²) in [6.07, 6.45) is 2.52. The van der Waals surface area contributed by atoms with Gasteiger partial charge in [0.1, 0.15) is 0 Å². The van der Waals surface area contributed by atoms with Gasteiger partial charge in [0, 0.05) is 19.7 Å². The fourth-order valence-electron chi connectivity index (χ4n) is 3.53. The van der Waals surface area contributed by atoms with E-state index < -0.39 is 0 Å². The lowest BCUT2D eigenvalue weighted by Gasteiger charge is -2.42. The van der Waals surface area contributed by atoms with Gasteiger partial charge in [0.15, 0.2) is 0 Å². The van der Waals surface area contributed by atoms with Gasteiger partial charge in [-0.15, -0.1) is 0 Å². The molecule has 1 saturated heterocycles. The Bertz CT molecular complexity index is 515. The predicted molar refractivity (Wildman–Crippen MR) is 70.3 cm³/mol. The van der Waals surface area contributed by atoms with Gasteiger partial charge in [-0.2, -0.15) is 0 Å². The van der Waals surface area contributed by atoms with E-state index in [1.807, 2.05) is 0 Å². The van der Waals surface area contributed by atoms with Crippen molar-refractivity contribution in [3.8, 4) is 0 Å². The van der Waals surface area contributed by atoms with Gasteiger partial charge >= 0.3 is 0 Å². The molecule has 1 aromatic rings. The van der Waals surface area contributed by atoms with Crippen LogP contribution in [0, 0.1) is 6.92 Å². The first-order valence-corrected chi connectivity index (χ1v) is 7.03. The second kappa shape index (κ2) is 4.86. The number of aromatic nitrogens is 1. The number of likely N-dealkylation sites (tertiary alicyclic amines) is 1. The van der Waals surface area contributed by atoms with Gasteiger partial charge < -0.3 is 19.3 Å². The molecule has 1 N–H and O–H groups in total. The van der Waals surface area contributed by atoms with Crippen LogP contribution in [0.2, 0.25) is 0 Å². The summed E-state index contributed by atoms with van der Waals surface area (Å²) >= 11 is 0. The molecule has 20 heavy (non-hydrogen) atoms. The van der Waals surface area contributed by atoms with E-state index in [1.165, 1.54) is 0 Å². The molecule has 0 radical (unpaired) electrons. The topological polar surface area (TPSA) is 75.8 Å². The lowest BCUT2D eigenvalue weighted by atomic mass is 9.79. The molecule has 1 aliphatic carbocycles. The number of rotatable bonds is 2. The number of hydrogen-bond acceptors (Lipinski definition) is 5. The average Bonchev–Trinajstić information content (AvgIpc) is 3.02. The quantitative estimate of drug-likeness (QED) is 0.878. The molecule has 6 heteroatoms. The maximum Gasteiger partial charge on any atom is 0.292 e. The van der Waals surface area contributed by atoms with Gasteiger partial charge in [-0.1, -0.05) is 5.16 Å². The zero-order valence-corrected chi connectivity index (χ0v) is 11.8. The molecule has 1 amide bonds.